The van der Waals surface area contributed by atoms with Crippen molar-refractivity contribution in [2.45, 2.75) is 19.4 Å². The van der Waals surface area contributed by atoms with E-state index < -0.39 is 0 Å². The molecule has 1 aromatic carbocycles. The van der Waals surface area contributed by atoms with Crippen LogP contribution in [0.2, 0.25) is 0 Å². The lowest BCUT2D eigenvalue weighted by Crippen LogP contribution is -2.25. The van der Waals surface area contributed by atoms with Crippen LogP contribution in [0, 0.1) is 0 Å². The fourth-order valence-corrected chi connectivity index (χ4v) is 2.08. The van der Waals surface area contributed by atoms with Crippen LogP contribution in [0.3, 0.4) is 0 Å². The Morgan fingerprint density at radius 3 is 3.06 bits per heavy atom. The first kappa shape index (κ1) is 13.1. The fourth-order valence-electron chi connectivity index (χ4n) is 2.08. The van der Waals surface area contributed by atoms with E-state index >= 15 is 0 Å². The average Bonchev–Trinajstić information content (AvgIpc) is 2.82. The molecule has 18 heavy (non-hydrogen) atoms. The first-order chi connectivity index (χ1) is 8.83. The smallest absolute Gasteiger partial charge is 0.0686 e. The lowest BCUT2D eigenvalue weighted by atomic mass is 10.2. The van der Waals surface area contributed by atoms with Crippen molar-refractivity contribution < 1.29 is 4.74 Å². The number of nitrogens with zero attached hydrogens (tertiary/aromatic N) is 2. The summed E-state index contributed by atoms with van der Waals surface area (Å²) in [6.07, 6.45) is 2.97. The number of ether oxygens (including phenoxy) is 1. The van der Waals surface area contributed by atoms with E-state index in [9.17, 15) is 0 Å². The molecule has 0 saturated heterocycles. The Hall–Kier alpha value is -1.39. The number of rotatable bonds is 7. The molecule has 0 fully saturated rings. The molecule has 1 aromatic heterocycles. The third kappa shape index (κ3) is 3.09. The average molecular weight is 247 g/mol. The molecule has 2 aromatic rings. The molecule has 0 bridgehead atoms. The molecule has 1 unspecified atom stereocenters. The van der Waals surface area contributed by atoms with E-state index in [2.05, 4.69) is 40.2 Å². The van der Waals surface area contributed by atoms with Gasteiger partial charge in [0.15, 0.2) is 0 Å². The van der Waals surface area contributed by atoms with Gasteiger partial charge in [0.05, 0.1) is 17.8 Å². The standard InChI is InChI=1S/C14H21N3O/c1-12(10-15-8-5-9-18-2)17-14-7-4-3-6-13(14)11-16-17/h3-4,6-7,11-12,15H,5,8-10H2,1-2H3. The van der Waals surface area contributed by atoms with Gasteiger partial charge in [-0.15, -0.1) is 0 Å². The highest BCUT2D eigenvalue weighted by molar-refractivity contribution is 5.78. The van der Waals surface area contributed by atoms with Crippen LogP contribution >= 0.6 is 0 Å². The minimum Gasteiger partial charge on any atom is -0.385 e. The number of para-hydroxylation sites is 1. The van der Waals surface area contributed by atoms with Crippen molar-refractivity contribution >= 4 is 10.9 Å². The predicted octanol–water partition coefficient (Wildman–Crippen LogP) is 2.22. The Balaban J connectivity index is 1.90. The lowest BCUT2D eigenvalue weighted by molar-refractivity contribution is 0.194. The Labute approximate surface area is 108 Å². The molecule has 0 saturated carbocycles. The van der Waals surface area contributed by atoms with E-state index in [0.29, 0.717) is 6.04 Å². The number of benzene rings is 1. The number of methoxy groups -OCH3 is 1. The summed E-state index contributed by atoms with van der Waals surface area (Å²) in [4.78, 5) is 0. The number of fused-ring (bicyclic) bond motifs is 1. The Morgan fingerprint density at radius 2 is 2.22 bits per heavy atom. The van der Waals surface area contributed by atoms with Gasteiger partial charge in [0.2, 0.25) is 0 Å². The molecule has 1 N–H and O–H groups in total. The summed E-state index contributed by atoms with van der Waals surface area (Å²) in [7, 11) is 1.73. The lowest BCUT2D eigenvalue weighted by Gasteiger charge is -2.14. The van der Waals surface area contributed by atoms with Crippen molar-refractivity contribution in [2.75, 3.05) is 26.8 Å². The SMILES string of the molecule is COCCCNCC(C)n1ncc2ccccc21. The normalized spacial score (nSPS) is 13.0. The van der Waals surface area contributed by atoms with Crippen LogP contribution in [0.25, 0.3) is 10.9 Å². The fraction of sp³-hybridized carbons (Fsp3) is 0.500. The monoisotopic (exact) mass is 247 g/mol. The van der Waals surface area contributed by atoms with Gasteiger partial charge in [-0.1, -0.05) is 18.2 Å². The molecule has 4 heteroatoms. The molecule has 0 aliphatic carbocycles. The van der Waals surface area contributed by atoms with Gasteiger partial charge >= 0.3 is 0 Å². The van der Waals surface area contributed by atoms with Crippen LogP contribution in [0.15, 0.2) is 30.5 Å². The zero-order valence-electron chi connectivity index (χ0n) is 11.1. The zero-order valence-corrected chi connectivity index (χ0v) is 11.1. The predicted molar refractivity (Wildman–Crippen MR) is 73.8 cm³/mol. The van der Waals surface area contributed by atoms with E-state index in [1.165, 1.54) is 10.9 Å². The third-order valence-electron chi connectivity index (χ3n) is 3.06. The number of nitrogens with one attached hydrogen (secondary N) is 1. The highest BCUT2D eigenvalue weighted by atomic mass is 16.5. The molecule has 1 atom stereocenters. The van der Waals surface area contributed by atoms with Crippen molar-refractivity contribution in [1.29, 1.82) is 0 Å². The molecule has 98 valence electrons. The Kier molecular flexibility index (Phi) is 4.73. The van der Waals surface area contributed by atoms with Crippen LogP contribution in [0.5, 0.6) is 0 Å². The second kappa shape index (κ2) is 6.52. The minimum atomic E-state index is 0.354. The van der Waals surface area contributed by atoms with Gasteiger partial charge in [0.25, 0.3) is 0 Å². The maximum Gasteiger partial charge on any atom is 0.0686 e. The minimum absolute atomic E-state index is 0.354. The highest BCUT2D eigenvalue weighted by Crippen LogP contribution is 2.16. The molecule has 1 heterocycles. The molecular formula is C14H21N3O. The van der Waals surface area contributed by atoms with Gasteiger partial charge in [0, 0.05) is 25.6 Å². The Morgan fingerprint density at radius 1 is 1.39 bits per heavy atom. The molecular weight excluding hydrogens is 226 g/mol. The zero-order chi connectivity index (χ0) is 12.8. The third-order valence-corrected chi connectivity index (χ3v) is 3.06. The van der Waals surface area contributed by atoms with Gasteiger partial charge in [-0.25, -0.2) is 0 Å². The van der Waals surface area contributed by atoms with Crippen LogP contribution < -0.4 is 5.32 Å². The summed E-state index contributed by atoms with van der Waals surface area (Å²) in [6, 6.07) is 8.66. The topological polar surface area (TPSA) is 39.1 Å². The summed E-state index contributed by atoms with van der Waals surface area (Å²) in [5.41, 5.74) is 1.20. The van der Waals surface area contributed by atoms with Crippen molar-refractivity contribution in [2.24, 2.45) is 0 Å². The summed E-state index contributed by atoms with van der Waals surface area (Å²) in [6.45, 7) is 4.90. The van der Waals surface area contributed by atoms with E-state index in [-0.39, 0.29) is 0 Å². The van der Waals surface area contributed by atoms with Gasteiger partial charge in [0.1, 0.15) is 0 Å². The van der Waals surface area contributed by atoms with E-state index in [1.807, 2.05) is 12.3 Å². The van der Waals surface area contributed by atoms with Gasteiger partial charge in [-0.3, -0.25) is 4.68 Å². The molecule has 0 radical (unpaired) electrons. The summed E-state index contributed by atoms with van der Waals surface area (Å²) >= 11 is 0. The summed E-state index contributed by atoms with van der Waals surface area (Å²) < 4.78 is 7.10. The van der Waals surface area contributed by atoms with Crippen molar-refractivity contribution in [1.82, 2.24) is 15.1 Å². The molecule has 4 nitrogen and oxygen atoms in total. The summed E-state index contributed by atoms with van der Waals surface area (Å²) in [5, 5.41) is 9.09. The van der Waals surface area contributed by atoms with Gasteiger partial charge < -0.3 is 10.1 Å². The molecule has 0 aliphatic heterocycles. The highest BCUT2D eigenvalue weighted by Gasteiger charge is 2.08. The van der Waals surface area contributed by atoms with Crippen molar-refractivity contribution in [3.63, 3.8) is 0 Å². The molecule has 2 rings (SSSR count). The largest absolute Gasteiger partial charge is 0.385 e. The summed E-state index contributed by atoms with van der Waals surface area (Å²) in [5.74, 6) is 0. The molecule has 0 aliphatic rings. The number of hydrogen-bond donors (Lipinski definition) is 1. The maximum absolute atomic E-state index is 5.02. The quantitative estimate of drug-likeness (QED) is 0.763. The number of hydrogen-bond acceptors (Lipinski definition) is 3. The second-order valence-corrected chi connectivity index (χ2v) is 4.55. The first-order valence-electron chi connectivity index (χ1n) is 6.45. The van der Waals surface area contributed by atoms with E-state index in [1.54, 1.807) is 7.11 Å². The van der Waals surface area contributed by atoms with E-state index in [0.717, 1.165) is 26.1 Å². The van der Waals surface area contributed by atoms with Crippen LogP contribution in [0.1, 0.15) is 19.4 Å². The van der Waals surface area contributed by atoms with Crippen LogP contribution in [0.4, 0.5) is 0 Å². The van der Waals surface area contributed by atoms with Crippen LogP contribution in [-0.4, -0.2) is 36.6 Å². The maximum atomic E-state index is 5.02. The van der Waals surface area contributed by atoms with Crippen molar-refractivity contribution in [3.8, 4) is 0 Å². The van der Waals surface area contributed by atoms with Gasteiger partial charge in [-0.05, 0) is 26.0 Å². The molecule has 0 amide bonds. The Bertz CT molecular complexity index is 481. The molecule has 0 spiro atoms. The first-order valence-corrected chi connectivity index (χ1v) is 6.45. The number of aromatic nitrogens is 2. The van der Waals surface area contributed by atoms with Gasteiger partial charge in [-0.2, -0.15) is 5.10 Å². The van der Waals surface area contributed by atoms with Crippen LogP contribution in [-0.2, 0) is 4.74 Å². The van der Waals surface area contributed by atoms with Crippen molar-refractivity contribution in [3.05, 3.63) is 30.5 Å². The van der Waals surface area contributed by atoms with E-state index in [4.69, 9.17) is 4.74 Å². The second-order valence-electron chi connectivity index (χ2n) is 4.55.